The minimum Gasteiger partial charge on any atom is -0.396 e. The first-order chi connectivity index (χ1) is 8.46. The van der Waals surface area contributed by atoms with E-state index in [1.807, 2.05) is 31.1 Å². The van der Waals surface area contributed by atoms with Crippen LogP contribution in [0.25, 0.3) is 0 Å². The minimum absolute atomic E-state index is 0.160. The van der Waals surface area contributed by atoms with Crippen molar-refractivity contribution in [2.75, 3.05) is 13.7 Å². The van der Waals surface area contributed by atoms with E-state index in [2.05, 4.69) is 38.0 Å². The van der Waals surface area contributed by atoms with Gasteiger partial charge in [0, 0.05) is 36.8 Å². The van der Waals surface area contributed by atoms with Crippen LogP contribution >= 0.6 is 12.6 Å². The van der Waals surface area contributed by atoms with Crippen molar-refractivity contribution in [3.8, 4) is 0 Å². The maximum atomic E-state index is 9.32. The summed E-state index contributed by atoms with van der Waals surface area (Å²) in [5.74, 6) is 0.187. The van der Waals surface area contributed by atoms with Gasteiger partial charge >= 0.3 is 0 Å². The fraction of sp³-hybridized carbons (Fsp3) is 0.571. The average molecular weight is 270 g/mol. The van der Waals surface area contributed by atoms with Gasteiger partial charge in [-0.3, -0.25) is 0 Å². The fourth-order valence-corrected chi connectivity index (χ4v) is 1.85. The molecule has 0 bridgehead atoms. The molecule has 0 saturated carbocycles. The molecule has 0 saturated heterocycles. The number of likely N-dealkylation sites (N-methyl/N-ethyl adjacent to an activating group) is 1. The number of thiol groups is 1. The first-order valence-corrected chi connectivity index (χ1v) is 6.71. The van der Waals surface area contributed by atoms with Gasteiger partial charge in [-0.2, -0.15) is 12.6 Å². The summed E-state index contributed by atoms with van der Waals surface area (Å²) in [6.07, 6.45) is 6.48. The molecule has 0 radical (unpaired) electrons. The van der Waals surface area contributed by atoms with Gasteiger partial charge in [0.05, 0.1) is 0 Å². The highest BCUT2D eigenvalue weighted by Gasteiger charge is 2.18. The van der Waals surface area contributed by atoms with Crippen LogP contribution in [0, 0.1) is 5.92 Å². The second-order valence-electron chi connectivity index (χ2n) is 4.49. The van der Waals surface area contributed by atoms with Crippen molar-refractivity contribution in [3.05, 3.63) is 37.3 Å². The van der Waals surface area contributed by atoms with E-state index < -0.39 is 0 Å². The van der Waals surface area contributed by atoms with Crippen molar-refractivity contribution in [1.82, 2.24) is 10.2 Å². The quantitative estimate of drug-likeness (QED) is 0.445. The third-order valence-electron chi connectivity index (χ3n) is 3.05. The number of aliphatic hydroxyl groups is 1. The lowest BCUT2D eigenvalue weighted by Gasteiger charge is -2.28. The normalized spacial score (nSPS) is 16.1. The zero-order chi connectivity index (χ0) is 14.1. The maximum Gasteiger partial charge on any atom is 0.0470 e. The lowest BCUT2D eigenvalue weighted by atomic mass is 9.98. The Labute approximate surface area is 117 Å². The topological polar surface area (TPSA) is 35.5 Å². The monoisotopic (exact) mass is 270 g/mol. The number of hydrogen-bond acceptors (Lipinski definition) is 4. The Morgan fingerprint density at radius 3 is 2.50 bits per heavy atom. The van der Waals surface area contributed by atoms with Crippen LogP contribution in [-0.2, 0) is 0 Å². The van der Waals surface area contributed by atoms with Gasteiger partial charge in [0.1, 0.15) is 0 Å². The summed E-state index contributed by atoms with van der Waals surface area (Å²) in [7, 11) is 1.83. The SMILES string of the molecule is C=CN(/C=C\C(=C)NC)C(C)CC(CO)C(C)S. The Balaban J connectivity index is 4.51. The Hall–Kier alpha value is -0.870. The third-order valence-corrected chi connectivity index (χ3v) is 3.47. The predicted molar refractivity (Wildman–Crippen MR) is 82.5 cm³/mol. The van der Waals surface area contributed by atoms with E-state index in [1.165, 1.54) is 0 Å². The first-order valence-electron chi connectivity index (χ1n) is 6.20. The number of aliphatic hydroxyl groups excluding tert-OH is 1. The molecule has 0 aliphatic heterocycles. The van der Waals surface area contributed by atoms with E-state index in [0.29, 0.717) is 0 Å². The van der Waals surface area contributed by atoms with Crippen molar-refractivity contribution in [2.45, 2.75) is 31.6 Å². The number of nitrogens with one attached hydrogen (secondary N) is 1. The van der Waals surface area contributed by atoms with Gasteiger partial charge in [-0.1, -0.05) is 20.1 Å². The molecule has 0 aliphatic rings. The zero-order valence-corrected chi connectivity index (χ0v) is 12.5. The molecular formula is C14H26N2OS. The highest BCUT2D eigenvalue weighted by molar-refractivity contribution is 7.80. The van der Waals surface area contributed by atoms with E-state index in [4.69, 9.17) is 0 Å². The van der Waals surface area contributed by atoms with Gasteiger partial charge < -0.3 is 15.3 Å². The average Bonchev–Trinajstić information content (AvgIpc) is 2.35. The first kappa shape index (κ1) is 17.1. The molecule has 3 atom stereocenters. The molecule has 0 spiro atoms. The summed E-state index contributed by atoms with van der Waals surface area (Å²) in [5.41, 5.74) is 0.843. The van der Waals surface area contributed by atoms with Crippen LogP contribution in [0.15, 0.2) is 37.3 Å². The van der Waals surface area contributed by atoms with Crippen molar-refractivity contribution >= 4 is 12.6 Å². The van der Waals surface area contributed by atoms with Gasteiger partial charge in [0.15, 0.2) is 0 Å². The molecule has 0 amide bonds. The molecular weight excluding hydrogens is 244 g/mol. The maximum absolute atomic E-state index is 9.32. The van der Waals surface area contributed by atoms with E-state index in [1.54, 1.807) is 6.20 Å². The van der Waals surface area contributed by atoms with Crippen LogP contribution in [0.1, 0.15) is 20.3 Å². The molecule has 4 heteroatoms. The lowest BCUT2D eigenvalue weighted by Crippen LogP contribution is -2.29. The summed E-state index contributed by atoms with van der Waals surface area (Å²) < 4.78 is 0. The van der Waals surface area contributed by atoms with Gasteiger partial charge in [0.25, 0.3) is 0 Å². The van der Waals surface area contributed by atoms with Crippen LogP contribution < -0.4 is 5.32 Å². The van der Waals surface area contributed by atoms with Crippen LogP contribution in [0.4, 0.5) is 0 Å². The van der Waals surface area contributed by atoms with Crippen LogP contribution in [-0.4, -0.2) is 35.0 Å². The van der Waals surface area contributed by atoms with Gasteiger partial charge in [-0.15, -0.1) is 0 Å². The Morgan fingerprint density at radius 1 is 1.50 bits per heavy atom. The Morgan fingerprint density at radius 2 is 2.11 bits per heavy atom. The highest BCUT2D eigenvalue weighted by Crippen LogP contribution is 2.19. The van der Waals surface area contributed by atoms with E-state index in [0.717, 1.165) is 12.1 Å². The molecule has 0 aliphatic carbocycles. The van der Waals surface area contributed by atoms with E-state index in [-0.39, 0.29) is 23.8 Å². The summed E-state index contributed by atoms with van der Waals surface area (Å²) >= 11 is 4.40. The molecule has 2 N–H and O–H groups in total. The standard InChI is InChI=1S/C14H26N2OS/c1-6-16(8-7-11(2)15-5)12(3)9-14(10-17)13(4)18/h6-8,12-15,17-18H,1-2,9-10H2,3-5H3/b8-7-. The molecule has 0 aromatic rings. The van der Waals surface area contributed by atoms with Crippen LogP contribution in [0.5, 0.6) is 0 Å². The molecule has 0 aromatic carbocycles. The second-order valence-corrected chi connectivity index (χ2v) is 5.30. The zero-order valence-electron chi connectivity index (χ0n) is 11.6. The largest absolute Gasteiger partial charge is 0.396 e. The Kier molecular flexibility index (Phi) is 8.67. The summed E-state index contributed by atoms with van der Waals surface area (Å²) in [6, 6.07) is 0.259. The Bertz CT molecular complexity index is 290. The van der Waals surface area contributed by atoms with Crippen molar-refractivity contribution < 1.29 is 5.11 Å². The van der Waals surface area contributed by atoms with Crippen LogP contribution in [0.3, 0.4) is 0 Å². The predicted octanol–water partition coefficient (Wildman–Crippen LogP) is 2.38. The number of allylic oxidation sites excluding steroid dienone is 1. The van der Waals surface area contributed by atoms with E-state index >= 15 is 0 Å². The molecule has 3 nitrogen and oxygen atoms in total. The van der Waals surface area contributed by atoms with Crippen LogP contribution in [0.2, 0.25) is 0 Å². The molecule has 0 fully saturated rings. The third kappa shape index (κ3) is 6.17. The number of nitrogens with zero attached hydrogens (tertiary/aromatic N) is 1. The number of rotatable bonds is 9. The second kappa shape index (κ2) is 9.11. The fourth-order valence-electron chi connectivity index (χ4n) is 1.63. The van der Waals surface area contributed by atoms with Crippen molar-refractivity contribution in [3.63, 3.8) is 0 Å². The lowest BCUT2D eigenvalue weighted by molar-refractivity contribution is 0.194. The van der Waals surface area contributed by atoms with Gasteiger partial charge in [-0.05, 0) is 31.5 Å². The van der Waals surface area contributed by atoms with Gasteiger partial charge in [0.2, 0.25) is 0 Å². The minimum atomic E-state index is 0.160. The molecule has 104 valence electrons. The van der Waals surface area contributed by atoms with E-state index in [9.17, 15) is 5.11 Å². The van der Waals surface area contributed by atoms with Crippen molar-refractivity contribution in [1.29, 1.82) is 0 Å². The molecule has 0 aromatic heterocycles. The summed E-state index contributed by atoms with van der Waals surface area (Å²) in [4.78, 5) is 2.02. The number of hydrogen-bond donors (Lipinski definition) is 3. The molecule has 0 heterocycles. The van der Waals surface area contributed by atoms with Crippen molar-refractivity contribution in [2.24, 2.45) is 5.92 Å². The summed E-state index contributed by atoms with van der Waals surface area (Å²) in [6.45, 7) is 11.9. The molecule has 3 unspecified atom stereocenters. The summed E-state index contributed by atoms with van der Waals surface area (Å²) in [5, 5.41) is 12.5. The highest BCUT2D eigenvalue weighted by atomic mass is 32.1. The molecule has 18 heavy (non-hydrogen) atoms. The molecule has 0 rings (SSSR count). The smallest absolute Gasteiger partial charge is 0.0470 e. The van der Waals surface area contributed by atoms with Gasteiger partial charge in [-0.25, -0.2) is 0 Å².